The van der Waals surface area contributed by atoms with Crippen molar-refractivity contribution in [2.45, 2.75) is 50.3 Å². The standard InChI is InChI=1S/C11H22O6/c1-2-3-4-5-16-11(7-13)10(15)9(14)8(6-12)17-11/h8-10,12-15H,2-7H2,1H3/t8-,9-,10+,11+/m1/s1. The van der Waals surface area contributed by atoms with Gasteiger partial charge >= 0.3 is 0 Å². The van der Waals surface area contributed by atoms with Gasteiger partial charge in [-0.25, -0.2) is 0 Å². The Morgan fingerprint density at radius 1 is 1.24 bits per heavy atom. The van der Waals surface area contributed by atoms with Gasteiger partial charge in [0.25, 0.3) is 0 Å². The molecule has 1 heterocycles. The van der Waals surface area contributed by atoms with E-state index in [0.29, 0.717) is 6.61 Å². The van der Waals surface area contributed by atoms with Crippen LogP contribution in [0, 0.1) is 0 Å². The summed E-state index contributed by atoms with van der Waals surface area (Å²) in [5.74, 6) is -1.61. The minimum Gasteiger partial charge on any atom is -0.394 e. The molecule has 6 heteroatoms. The maximum Gasteiger partial charge on any atom is 0.221 e. The van der Waals surface area contributed by atoms with Crippen LogP contribution < -0.4 is 0 Å². The average molecular weight is 250 g/mol. The van der Waals surface area contributed by atoms with Gasteiger partial charge in [-0.15, -0.1) is 0 Å². The van der Waals surface area contributed by atoms with Crippen molar-refractivity contribution in [3.8, 4) is 0 Å². The van der Waals surface area contributed by atoms with Gasteiger partial charge in [-0.2, -0.15) is 0 Å². The Bertz CT molecular complexity index is 224. The summed E-state index contributed by atoms with van der Waals surface area (Å²) < 4.78 is 10.6. The van der Waals surface area contributed by atoms with E-state index in [1.807, 2.05) is 6.92 Å². The van der Waals surface area contributed by atoms with Crippen molar-refractivity contribution in [1.29, 1.82) is 0 Å². The second-order valence-corrected chi connectivity index (χ2v) is 4.30. The molecule has 1 fully saturated rings. The summed E-state index contributed by atoms with van der Waals surface area (Å²) >= 11 is 0. The monoisotopic (exact) mass is 250 g/mol. The number of rotatable bonds is 7. The largest absolute Gasteiger partial charge is 0.394 e. The molecule has 1 rings (SSSR count). The van der Waals surface area contributed by atoms with E-state index in [1.165, 1.54) is 0 Å². The first kappa shape index (κ1) is 14.8. The van der Waals surface area contributed by atoms with Crippen LogP contribution in [0.1, 0.15) is 26.2 Å². The van der Waals surface area contributed by atoms with Crippen molar-refractivity contribution >= 4 is 0 Å². The molecule has 1 aliphatic heterocycles. The molecule has 0 unspecified atom stereocenters. The maximum atomic E-state index is 9.79. The molecule has 0 spiro atoms. The number of aliphatic hydroxyl groups is 4. The molecule has 0 bridgehead atoms. The van der Waals surface area contributed by atoms with Crippen molar-refractivity contribution in [3.63, 3.8) is 0 Å². The first-order chi connectivity index (χ1) is 8.11. The van der Waals surface area contributed by atoms with Crippen LogP contribution in [-0.2, 0) is 9.47 Å². The molecule has 0 aliphatic carbocycles. The number of unbranched alkanes of at least 4 members (excludes halogenated alkanes) is 2. The summed E-state index contributed by atoms with van der Waals surface area (Å²) in [4.78, 5) is 0. The molecule has 0 aromatic heterocycles. The van der Waals surface area contributed by atoms with E-state index in [-0.39, 0.29) is 0 Å². The van der Waals surface area contributed by atoms with E-state index in [4.69, 9.17) is 14.6 Å². The highest BCUT2D eigenvalue weighted by Crippen LogP contribution is 2.32. The summed E-state index contributed by atoms with van der Waals surface area (Å²) in [6.07, 6.45) is -0.744. The number of hydrogen-bond donors (Lipinski definition) is 4. The fourth-order valence-corrected chi connectivity index (χ4v) is 1.90. The lowest BCUT2D eigenvalue weighted by Crippen LogP contribution is -2.48. The Balaban J connectivity index is 2.56. The average Bonchev–Trinajstić information content (AvgIpc) is 2.60. The Hall–Kier alpha value is -0.240. The smallest absolute Gasteiger partial charge is 0.221 e. The normalized spacial score (nSPS) is 37.6. The summed E-state index contributed by atoms with van der Waals surface area (Å²) in [5.41, 5.74) is 0. The lowest BCUT2D eigenvalue weighted by molar-refractivity contribution is -0.276. The molecule has 1 saturated heterocycles. The van der Waals surface area contributed by atoms with Crippen LogP contribution in [0.5, 0.6) is 0 Å². The third-order valence-electron chi connectivity index (χ3n) is 3.00. The molecule has 6 nitrogen and oxygen atoms in total. The minimum absolute atomic E-state index is 0.330. The van der Waals surface area contributed by atoms with Crippen LogP contribution in [0.2, 0.25) is 0 Å². The highest BCUT2D eigenvalue weighted by Gasteiger charge is 2.54. The number of hydrogen-bond acceptors (Lipinski definition) is 6. The molecule has 1 aliphatic rings. The molecule has 17 heavy (non-hydrogen) atoms. The summed E-state index contributed by atoms with van der Waals surface area (Å²) in [7, 11) is 0. The van der Waals surface area contributed by atoms with Crippen LogP contribution in [0.15, 0.2) is 0 Å². The van der Waals surface area contributed by atoms with Crippen LogP contribution >= 0.6 is 0 Å². The summed E-state index contributed by atoms with van der Waals surface area (Å²) in [6, 6.07) is 0. The molecule has 4 N–H and O–H groups in total. The van der Waals surface area contributed by atoms with Gasteiger partial charge in [0.1, 0.15) is 24.9 Å². The van der Waals surface area contributed by atoms with E-state index in [0.717, 1.165) is 19.3 Å². The van der Waals surface area contributed by atoms with Gasteiger partial charge in [0, 0.05) is 0 Å². The van der Waals surface area contributed by atoms with Gasteiger partial charge in [0.05, 0.1) is 13.2 Å². The van der Waals surface area contributed by atoms with Gasteiger partial charge in [-0.1, -0.05) is 19.8 Å². The van der Waals surface area contributed by atoms with Crippen LogP contribution in [0.3, 0.4) is 0 Å². The SMILES string of the molecule is CCCCCO[C@@]1(CO)O[C@H](CO)[C@@H](O)[C@@H]1O. The summed E-state index contributed by atoms with van der Waals surface area (Å²) in [5, 5.41) is 37.6. The van der Waals surface area contributed by atoms with Gasteiger partial charge in [-0.3, -0.25) is 0 Å². The molecule has 0 radical (unpaired) electrons. The number of ether oxygens (including phenoxy) is 2. The highest BCUT2D eigenvalue weighted by molar-refractivity contribution is 4.96. The van der Waals surface area contributed by atoms with Gasteiger partial charge in [0.2, 0.25) is 5.79 Å². The quantitative estimate of drug-likeness (QED) is 0.432. The van der Waals surface area contributed by atoms with E-state index in [9.17, 15) is 15.3 Å². The van der Waals surface area contributed by atoms with E-state index in [2.05, 4.69) is 0 Å². The fraction of sp³-hybridized carbons (Fsp3) is 1.00. The van der Waals surface area contributed by atoms with Crippen molar-refractivity contribution in [1.82, 2.24) is 0 Å². The van der Waals surface area contributed by atoms with Gasteiger partial charge < -0.3 is 29.9 Å². The Morgan fingerprint density at radius 3 is 2.41 bits per heavy atom. The Morgan fingerprint density at radius 2 is 1.94 bits per heavy atom. The molecule has 0 saturated carbocycles. The Kier molecular flexibility index (Phi) is 5.78. The van der Waals surface area contributed by atoms with Gasteiger partial charge in [0.15, 0.2) is 0 Å². The van der Waals surface area contributed by atoms with Crippen molar-refractivity contribution in [2.75, 3.05) is 19.8 Å². The third kappa shape index (κ3) is 3.15. The second kappa shape index (κ2) is 6.63. The molecule has 0 aromatic carbocycles. The molecular weight excluding hydrogens is 228 g/mol. The molecule has 0 aromatic rings. The maximum absolute atomic E-state index is 9.79. The first-order valence-electron chi connectivity index (χ1n) is 6.01. The zero-order chi connectivity index (χ0) is 12.9. The van der Waals surface area contributed by atoms with Crippen LogP contribution in [0.4, 0.5) is 0 Å². The summed E-state index contributed by atoms with van der Waals surface area (Å²) in [6.45, 7) is 1.39. The van der Waals surface area contributed by atoms with Crippen molar-refractivity contribution < 1.29 is 29.9 Å². The fourth-order valence-electron chi connectivity index (χ4n) is 1.90. The van der Waals surface area contributed by atoms with Crippen molar-refractivity contribution in [2.24, 2.45) is 0 Å². The van der Waals surface area contributed by atoms with Crippen LogP contribution in [-0.4, -0.2) is 64.3 Å². The highest BCUT2D eigenvalue weighted by atomic mass is 16.7. The number of aliphatic hydroxyl groups excluding tert-OH is 4. The topological polar surface area (TPSA) is 99.4 Å². The second-order valence-electron chi connectivity index (χ2n) is 4.30. The van der Waals surface area contributed by atoms with E-state index >= 15 is 0 Å². The van der Waals surface area contributed by atoms with E-state index < -0.39 is 37.3 Å². The van der Waals surface area contributed by atoms with Gasteiger partial charge in [-0.05, 0) is 6.42 Å². The molecule has 4 atom stereocenters. The minimum atomic E-state index is -1.61. The molecule has 102 valence electrons. The predicted molar refractivity (Wildman–Crippen MR) is 59.3 cm³/mol. The zero-order valence-corrected chi connectivity index (χ0v) is 10.1. The first-order valence-corrected chi connectivity index (χ1v) is 6.01. The lowest BCUT2D eigenvalue weighted by Gasteiger charge is -2.30. The van der Waals surface area contributed by atoms with Crippen molar-refractivity contribution in [3.05, 3.63) is 0 Å². The zero-order valence-electron chi connectivity index (χ0n) is 10.1. The Labute approximate surface area is 101 Å². The van der Waals surface area contributed by atoms with Crippen LogP contribution in [0.25, 0.3) is 0 Å². The molecular formula is C11H22O6. The third-order valence-corrected chi connectivity index (χ3v) is 3.00. The molecule has 0 amide bonds. The van der Waals surface area contributed by atoms with E-state index in [1.54, 1.807) is 0 Å². The predicted octanol–water partition coefficient (Wildman–Crippen LogP) is -1.01. The lowest BCUT2D eigenvalue weighted by atomic mass is 10.1.